The van der Waals surface area contributed by atoms with Crippen LogP contribution in [0.5, 0.6) is 0 Å². The number of hydrogen-bond acceptors (Lipinski definition) is 6. The van der Waals surface area contributed by atoms with Gasteiger partial charge in [0.15, 0.2) is 5.78 Å². The Morgan fingerprint density at radius 2 is 2.21 bits per heavy atom. The van der Waals surface area contributed by atoms with E-state index in [2.05, 4.69) is 21.7 Å². The molecule has 0 N–H and O–H groups in total. The van der Waals surface area contributed by atoms with Gasteiger partial charge in [0, 0.05) is 23.5 Å². The Morgan fingerprint density at radius 3 is 2.92 bits per heavy atom. The first-order chi connectivity index (χ1) is 11.6. The lowest BCUT2D eigenvalue weighted by Crippen LogP contribution is -2.06. The van der Waals surface area contributed by atoms with Crippen molar-refractivity contribution in [3.05, 3.63) is 40.5 Å². The Kier molecular flexibility index (Phi) is 5.20. The molecule has 0 atom stereocenters. The fraction of sp³-hybridized carbons (Fsp3) is 0.353. The number of carbonyl (C=O) groups is 1. The number of aryl methyl sites for hydroxylation is 1. The number of hydrogen-bond donors (Lipinski definition) is 0. The van der Waals surface area contributed by atoms with E-state index in [1.54, 1.807) is 11.3 Å². The highest BCUT2D eigenvalue weighted by molar-refractivity contribution is 7.99. The molecule has 3 aromatic heterocycles. The van der Waals surface area contributed by atoms with Gasteiger partial charge in [-0.15, -0.1) is 21.5 Å². The van der Waals surface area contributed by atoms with E-state index in [-0.39, 0.29) is 5.78 Å². The number of rotatable bonds is 7. The summed E-state index contributed by atoms with van der Waals surface area (Å²) in [6, 6.07) is 5.84. The molecule has 0 unspecified atom stereocenters. The normalized spacial score (nSPS) is 11.1. The maximum atomic E-state index is 12.5. The largest absolute Gasteiger partial charge is 0.410 e. The summed E-state index contributed by atoms with van der Waals surface area (Å²) in [4.78, 5) is 13.5. The summed E-state index contributed by atoms with van der Waals surface area (Å²) in [5, 5.41) is 10.4. The molecule has 0 saturated carbocycles. The minimum absolute atomic E-state index is 0.0892. The molecule has 0 amide bonds. The standard InChI is InChI=1S/C17H19N3O2S2/c1-4-7-20-11(2)9-13(12(20)3)14(21)10-24-17-19-18-16(22-17)15-6-5-8-23-15/h5-6,8-9H,4,7,10H2,1-3H3. The van der Waals surface area contributed by atoms with E-state index in [0.717, 1.165) is 34.8 Å². The molecule has 0 bridgehead atoms. The van der Waals surface area contributed by atoms with Crippen LogP contribution in [-0.2, 0) is 6.54 Å². The van der Waals surface area contributed by atoms with Crippen molar-refractivity contribution < 1.29 is 9.21 Å². The van der Waals surface area contributed by atoms with E-state index >= 15 is 0 Å². The summed E-state index contributed by atoms with van der Waals surface area (Å²) in [5.41, 5.74) is 2.94. The minimum atomic E-state index is 0.0892. The number of thiophene rings is 1. The van der Waals surface area contributed by atoms with Crippen molar-refractivity contribution in [1.29, 1.82) is 0 Å². The van der Waals surface area contributed by atoms with Crippen molar-refractivity contribution in [2.24, 2.45) is 0 Å². The number of ketones is 1. The summed E-state index contributed by atoms with van der Waals surface area (Å²) in [6.45, 7) is 7.11. The van der Waals surface area contributed by atoms with Gasteiger partial charge in [-0.05, 0) is 37.8 Å². The third-order valence-corrected chi connectivity index (χ3v) is 5.46. The quantitative estimate of drug-likeness (QED) is 0.454. The molecule has 5 nitrogen and oxygen atoms in total. The third kappa shape index (κ3) is 3.47. The van der Waals surface area contributed by atoms with Crippen LogP contribution in [0.2, 0.25) is 0 Å². The zero-order valence-corrected chi connectivity index (χ0v) is 15.5. The number of aromatic nitrogens is 3. The van der Waals surface area contributed by atoms with Crippen molar-refractivity contribution in [1.82, 2.24) is 14.8 Å². The molecule has 7 heteroatoms. The van der Waals surface area contributed by atoms with Crippen LogP contribution in [-0.4, -0.2) is 26.3 Å². The van der Waals surface area contributed by atoms with Crippen LogP contribution >= 0.6 is 23.1 Å². The molecule has 0 spiro atoms. The fourth-order valence-electron chi connectivity index (χ4n) is 2.62. The Balaban J connectivity index is 1.67. The van der Waals surface area contributed by atoms with Crippen LogP contribution in [0.4, 0.5) is 0 Å². The first-order valence-electron chi connectivity index (χ1n) is 7.80. The van der Waals surface area contributed by atoms with Crippen LogP contribution in [0, 0.1) is 13.8 Å². The molecule has 3 heterocycles. The third-order valence-electron chi connectivity index (χ3n) is 3.79. The van der Waals surface area contributed by atoms with Gasteiger partial charge in [-0.1, -0.05) is 24.8 Å². The zero-order chi connectivity index (χ0) is 17.1. The molecule has 0 aliphatic rings. The molecule has 0 fully saturated rings. The summed E-state index contributed by atoms with van der Waals surface area (Å²) in [5.74, 6) is 0.884. The van der Waals surface area contributed by atoms with Crippen molar-refractivity contribution in [2.45, 2.75) is 39.0 Å². The molecule has 0 aliphatic heterocycles. The highest BCUT2D eigenvalue weighted by Crippen LogP contribution is 2.27. The van der Waals surface area contributed by atoms with Gasteiger partial charge in [0.1, 0.15) is 0 Å². The van der Waals surface area contributed by atoms with Gasteiger partial charge in [-0.2, -0.15) is 0 Å². The van der Waals surface area contributed by atoms with Crippen molar-refractivity contribution >= 4 is 28.9 Å². The van der Waals surface area contributed by atoms with Crippen LogP contribution < -0.4 is 0 Å². The first-order valence-corrected chi connectivity index (χ1v) is 9.66. The Labute approximate surface area is 149 Å². The molecular weight excluding hydrogens is 342 g/mol. The van der Waals surface area contributed by atoms with Crippen LogP contribution in [0.3, 0.4) is 0 Å². The van der Waals surface area contributed by atoms with Gasteiger partial charge in [-0.25, -0.2) is 0 Å². The van der Waals surface area contributed by atoms with Crippen molar-refractivity contribution in [2.75, 3.05) is 5.75 Å². The summed E-state index contributed by atoms with van der Waals surface area (Å²) >= 11 is 2.83. The zero-order valence-electron chi connectivity index (χ0n) is 13.9. The molecule has 24 heavy (non-hydrogen) atoms. The molecule has 0 saturated heterocycles. The van der Waals surface area contributed by atoms with Crippen LogP contribution in [0.1, 0.15) is 35.1 Å². The van der Waals surface area contributed by atoms with E-state index < -0.39 is 0 Å². The lowest BCUT2D eigenvalue weighted by atomic mass is 10.2. The van der Waals surface area contributed by atoms with E-state index in [1.165, 1.54) is 11.8 Å². The van der Waals surface area contributed by atoms with E-state index in [4.69, 9.17) is 4.42 Å². The van der Waals surface area contributed by atoms with E-state index in [1.807, 2.05) is 37.4 Å². The summed E-state index contributed by atoms with van der Waals surface area (Å²) in [6.07, 6.45) is 1.05. The molecule has 126 valence electrons. The molecule has 0 radical (unpaired) electrons. The number of nitrogens with zero attached hydrogens (tertiary/aromatic N) is 3. The maximum absolute atomic E-state index is 12.5. The van der Waals surface area contributed by atoms with Gasteiger partial charge in [0.2, 0.25) is 0 Å². The van der Waals surface area contributed by atoms with Gasteiger partial charge in [0.05, 0.1) is 10.6 Å². The highest BCUT2D eigenvalue weighted by Gasteiger charge is 2.17. The lowest BCUT2D eigenvalue weighted by Gasteiger charge is -2.07. The van der Waals surface area contributed by atoms with Crippen LogP contribution in [0.25, 0.3) is 10.8 Å². The number of Topliss-reactive ketones (excluding diaryl/α,β-unsaturated/α-hetero) is 1. The minimum Gasteiger partial charge on any atom is -0.410 e. The van der Waals surface area contributed by atoms with E-state index in [0.29, 0.717) is 16.9 Å². The maximum Gasteiger partial charge on any atom is 0.277 e. The topological polar surface area (TPSA) is 60.9 Å². The Morgan fingerprint density at radius 1 is 1.38 bits per heavy atom. The number of thioether (sulfide) groups is 1. The predicted octanol–water partition coefficient (Wildman–Crippen LogP) is 4.60. The van der Waals surface area contributed by atoms with Gasteiger partial charge >= 0.3 is 0 Å². The second-order valence-corrected chi connectivity index (χ2v) is 7.37. The Bertz CT molecular complexity index is 834. The molecule has 0 aromatic carbocycles. The summed E-state index contributed by atoms with van der Waals surface area (Å²) < 4.78 is 7.80. The van der Waals surface area contributed by atoms with Gasteiger partial charge < -0.3 is 8.98 Å². The monoisotopic (exact) mass is 361 g/mol. The highest BCUT2D eigenvalue weighted by atomic mass is 32.2. The average Bonchev–Trinajstić information content (AvgIpc) is 3.29. The van der Waals surface area contributed by atoms with Gasteiger partial charge in [0.25, 0.3) is 11.1 Å². The van der Waals surface area contributed by atoms with Crippen molar-refractivity contribution in [3.8, 4) is 10.8 Å². The van der Waals surface area contributed by atoms with Crippen molar-refractivity contribution in [3.63, 3.8) is 0 Å². The fourth-order valence-corrected chi connectivity index (χ4v) is 3.91. The second-order valence-electron chi connectivity index (χ2n) is 5.50. The molecule has 3 aromatic rings. The second kappa shape index (κ2) is 7.36. The first kappa shape index (κ1) is 17.0. The lowest BCUT2D eigenvalue weighted by molar-refractivity contribution is 0.102. The Hall–Kier alpha value is -1.86. The SMILES string of the molecule is CCCn1c(C)cc(C(=O)CSc2nnc(-c3cccs3)o2)c1C. The molecule has 0 aliphatic carbocycles. The summed E-state index contributed by atoms with van der Waals surface area (Å²) in [7, 11) is 0. The molecule has 3 rings (SSSR count). The van der Waals surface area contributed by atoms with Gasteiger partial charge in [-0.3, -0.25) is 4.79 Å². The number of carbonyl (C=O) groups excluding carboxylic acids is 1. The average molecular weight is 361 g/mol. The smallest absolute Gasteiger partial charge is 0.277 e. The predicted molar refractivity (Wildman–Crippen MR) is 96.9 cm³/mol. The molecular formula is C17H19N3O2S2. The van der Waals surface area contributed by atoms with Crippen LogP contribution in [0.15, 0.2) is 33.2 Å². The van der Waals surface area contributed by atoms with E-state index in [9.17, 15) is 4.79 Å².